The van der Waals surface area contributed by atoms with Crippen molar-refractivity contribution in [2.75, 3.05) is 20.1 Å². The molecule has 3 N–H and O–H groups in total. The van der Waals surface area contributed by atoms with Crippen LogP contribution in [0.1, 0.15) is 26.3 Å². The van der Waals surface area contributed by atoms with Gasteiger partial charge in [-0.25, -0.2) is 0 Å². The molecule has 0 radical (unpaired) electrons. The quantitative estimate of drug-likeness (QED) is 0.782. The molecule has 2 rings (SSSR count). The topological polar surface area (TPSA) is 105 Å². The van der Waals surface area contributed by atoms with Crippen LogP contribution >= 0.6 is 12.4 Å². The van der Waals surface area contributed by atoms with Crippen molar-refractivity contribution in [3.8, 4) is 0 Å². The lowest BCUT2D eigenvalue weighted by Gasteiger charge is -2.34. The van der Waals surface area contributed by atoms with Crippen molar-refractivity contribution in [1.82, 2.24) is 10.2 Å². The van der Waals surface area contributed by atoms with Gasteiger partial charge in [0.25, 0.3) is 10.0 Å². The van der Waals surface area contributed by atoms with E-state index in [2.05, 4.69) is 9.71 Å². The van der Waals surface area contributed by atoms with Crippen molar-refractivity contribution in [2.45, 2.75) is 31.2 Å². The van der Waals surface area contributed by atoms with Crippen molar-refractivity contribution in [3.63, 3.8) is 0 Å². The second kappa shape index (κ2) is 7.72. The number of sulfonamides is 1. The second-order valence-electron chi connectivity index (χ2n) is 6.57. The van der Waals surface area contributed by atoms with E-state index in [-0.39, 0.29) is 41.5 Å². The second-order valence-corrected chi connectivity index (χ2v) is 8.14. The average molecular weight is 389 g/mol. The minimum atomic E-state index is -3.69. The molecule has 140 valence electrons. The van der Waals surface area contributed by atoms with Crippen LogP contribution in [0, 0.1) is 5.92 Å². The van der Waals surface area contributed by atoms with Crippen molar-refractivity contribution < 1.29 is 13.2 Å². The predicted molar refractivity (Wildman–Crippen MR) is 100 cm³/mol. The SMILES string of the molecule is CC(C)C(C)(CN)NC(=O)CN(C)C1=NS(=O)(=O)c2ccccc21.Cl. The smallest absolute Gasteiger partial charge is 0.285 e. The van der Waals surface area contributed by atoms with Gasteiger partial charge in [0.1, 0.15) is 4.90 Å². The fourth-order valence-corrected chi connectivity index (χ4v) is 3.69. The Morgan fingerprint density at radius 3 is 2.52 bits per heavy atom. The van der Waals surface area contributed by atoms with E-state index < -0.39 is 15.6 Å². The molecule has 1 aliphatic rings. The number of hydrogen-bond donors (Lipinski definition) is 2. The normalized spacial score (nSPS) is 17.1. The maximum atomic E-state index is 12.3. The summed E-state index contributed by atoms with van der Waals surface area (Å²) in [7, 11) is -2.05. The van der Waals surface area contributed by atoms with Gasteiger partial charge in [-0.1, -0.05) is 26.0 Å². The molecular formula is C16H25ClN4O3S. The molecule has 1 amide bonds. The van der Waals surface area contributed by atoms with Crippen LogP contribution in [0.2, 0.25) is 0 Å². The first-order valence-corrected chi connectivity index (χ1v) is 9.21. The first kappa shape index (κ1) is 21.4. The number of amides is 1. The first-order chi connectivity index (χ1) is 11.1. The summed E-state index contributed by atoms with van der Waals surface area (Å²) in [5, 5.41) is 2.93. The molecule has 1 aliphatic heterocycles. The van der Waals surface area contributed by atoms with Crippen LogP contribution in [0.15, 0.2) is 33.6 Å². The molecule has 1 heterocycles. The lowest BCUT2D eigenvalue weighted by atomic mass is 9.88. The standard InChI is InChI=1S/C16H24N4O3S.ClH/c1-11(2)16(3,10-17)18-14(21)9-20(4)15-12-7-5-6-8-13(12)24(22,23)19-15;/h5-8,11H,9-10,17H2,1-4H3,(H,18,21);1H. The predicted octanol–water partition coefficient (Wildman–Crippen LogP) is 0.979. The Morgan fingerprint density at radius 1 is 1.36 bits per heavy atom. The van der Waals surface area contributed by atoms with Gasteiger partial charge in [0.15, 0.2) is 5.84 Å². The fraction of sp³-hybridized carbons (Fsp3) is 0.500. The zero-order valence-electron chi connectivity index (χ0n) is 14.8. The maximum absolute atomic E-state index is 12.3. The molecule has 0 bridgehead atoms. The number of nitrogens with one attached hydrogen (secondary N) is 1. The number of hydrogen-bond acceptors (Lipinski definition) is 5. The van der Waals surface area contributed by atoms with Gasteiger partial charge in [0, 0.05) is 19.2 Å². The molecule has 1 unspecified atom stereocenters. The van der Waals surface area contributed by atoms with E-state index in [1.807, 2.05) is 20.8 Å². The fourth-order valence-electron chi connectivity index (χ4n) is 2.44. The van der Waals surface area contributed by atoms with Crippen molar-refractivity contribution >= 4 is 34.2 Å². The third-order valence-electron chi connectivity index (χ3n) is 4.48. The van der Waals surface area contributed by atoms with E-state index in [0.29, 0.717) is 12.1 Å². The number of amidine groups is 1. The molecule has 0 fully saturated rings. The minimum absolute atomic E-state index is 0. The highest BCUT2D eigenvalue weighted by atomic mass is 35.5. The molecule has 0 saturated carbocycles. The molecule has 1 aromatic rings. The number of fused-ring (bicyclic) bond motifs is 1. The Hall–Kier alpha value is -1.64. The molecule has 1 aromatic carbocycles. The van der Waals surface area contributed by atoms with E-state index in [0.717, 1.165) is 0 Å². The molecule has 0 spiro atoms. The summed E-state index contributed by atoms with van der Waals surface area (Å²) in [6, 6.07) is 6.59. The summed E-state index contributed by atoms with van der Waals surface area (Å²) < 4.78 is 28.0. The molecule has 7 nitrogen and oxygen atoms in total. The van der Waals surface area contributed by atoms with Crippen LogP contribution in [0.3, 0.4) is 0 Å². The third kappa shape index (κ3) is 4.31. The highest BCUT2D eigenvalue weighted by Crippen LogP contribution is 2.26. The van der Waals surface area contributed by atoms with E-state index in [1.165, 1.54) is 11.0 Å². The molecule has 0 saturated heterocycles. The zero-order chi connectivity index (χ0) is 18.1. The summed E-state index contributed by atoms with van der Waals surface area (Å²) >= 11 is 0. The van der Waals surface area contributed by atoms with Gasteiger partial charge in [0.05, 0.1) is 12.1 Å². The summed E-state index contributed by atoms with van der Waals surface area (Å²) in [4.78, 5) is 14.1. The van der Waals surface area contributed by atoms with E-state index in [9.17, 15) is 13.2 Å². The van der Waals surface area contributed by atoms with Crippen LogP contribution < -0.4 is 11.1 Å². The Balaban J connectivity index is 0.00000312. The number of rotatable bonds is 5. The van der Waals surface area contributed by atoms with Gasteiger partial charge in [-0.05, 0) is 25.0 Å². The van der Waals surface area contributed by atoms with Crippen molar-refractivity contribution in [1.29, 1.82) is 0 Å². The molecule has 0 aromatic heterocycles. The van der Waals surface area contributed by atoms with Gasteiger partial charge in [-0.2, -0.15) is 8.42 Å². The van der Waals surface area contributed by atoms with E-state index in [1.54, 1.807) is 25.2 Å². The van der Waals surface area contributed by atoms with Crippen LogP contribution in [-0.4, -0.2) is 50.7 Å². The number of carbonyl (C=O) groups is 1. The highest BCUT2D eigenvalue weighted by Gasteiger charge is 2.32. The van der Waals surface area contributed by atoms with Gasteiger partial charge in [0.2, 0.25) is 5.91 Å². The van der Waals surface area contributed by atoms with Crippen LogP contribution in [0.25, 0.3) is 0 Å². The average Bonchev–Trinajstić information content (AvgIpc) is 2.79. The molecule has 9 heteroatoms. The number of benzene rings is 1. The summed E-state index contributed by atoms with van der Waals surface area (Å²) in [5.41, 5.74) is 5.77. The maximum Gasteiger partial charge on any atom is 0.285 e. The number of nitrogens with zero attached hydrogens (tertiary/aromatic N) is 2. The third-order valence-corrected chi connectivity index (χ3v) is 5.80. The number of likely N-dealkylation sites (N-methyl/N-ethyl adjacent to an activating group) is 1. The van der Waals surface area contributed by atoms with Crippen molar-refractivity contribution in [2.24, 2.45) is 16.0 Å². The Bertz CT molecular complexity index is 779. The van der Waals surface area contributed by atoms with E-state index in [4.69, 9.17) is 5.73 Å². The van der Waals surface area contributed by atoms with Crippen LogP contribution in [-0.2, 0) is 14.8 Å². The number of halogens is 1. The van der Waals surface area contributed by atoms with Crippen LogP contribution in [0.5, 0.6) is 0 Å². The Labute approximate surface area is 155 Å². The Morgan fingerprint density at radius 2 is 1.96 bits per heavy atom. The first-order valence-electron chi connectivity index (χ1n) is 7.77. The lowest BCUT2D eigenvalue weighted by molar-refractivity contribution is -0.123. The van der Waals surface area contributed by atoms with E-state index >= 15 is 0 Å². The monoisotopic (exact) mass is 388 g/mol. The highest BCUT2D eigenvalue weighted by molar-refractivity contribution is 7.90. The minimum Gasteiger partial charge on any atom is -0.349 e. The van der Waals surface area contributed by atoms with Crippen LogP contribution in [0.4, 0.5) is 0 Å². The lowest BCUT2D eigenvalue weighted by Crippen LogP contribution is -2.57. The van der Waals surface area contributed by atoms with Gasteiger partial charge < -0.3 is 16.0 Å². The largest absolute Gasteiger partial charge is 0.349 e. The number of nitrogens with two attached hydrogens (primary N) is 1. The van der Waals surface area contributed by atoms with Gasteiger partial charge >= 0.3 is 0 Å². The summed E-state index contributed by atoms with van der Waals surface area (Å²) in [6.07, 6.45) is 0. The molecular weight excluding hydrogens is 364 g/mol. The summed E-state index contributed by atoms with van der Waals surface area (Å²) in [6.45, 7) is 6.17. The van der Waals surface area contributed by atoms with Crippen molar-refractivity contribution in [3.05, 3.63) is 29.8 Å². The summed E-state index contributed by atoms with van der Waals surface area (Å²) in [5.74, 6) is 0.213. The molecule has 0 aliphatic carbocycles. The zero-order valence-corrected chi connectivity index (χ0v) is 16.4. The van der Waals surface area contributed by atoms with Gasteiger partial charge in [-0.3, -0.25) is 4.79 Å². The molecule has 1 atom stereocenters. The number of carbonyl (C=O) groups excluding carboxylic acids is 1. The molecule has 25 heavy (non-hydrogen) atoms. The Kier molecular flexibility index (Phi) is 6.61. The van der Waals surface area contributed by atoms with Gasteiger partial charge in [-0.15, -0.1) is 16.8 Å².